The summed E-state index contributed by atoms with van der Waals surface area (Å²) in [6, 6.07) is 17.0. The molecule has 1 amide bonds. The van der Waals surface area contributed by atoms with Crippen molar-refractivity contribution in [2.75, 3.05) is 0 Å². The molecule has 0 spiro atoms. The van der Waals surface area contributed by atoms with Crippen LogP contribution < -0.4 is 10.1 Å². The van der Waals surface area contributed by atoms with E-state index in [0.717, 1.165) is 11.3 Å². The summed E-state index contributed by atoms with van der Waals surface area (Å²) in [6.07, 6.45) is 0.207. The zero-order valence-corrected chi connectivity index (χ0v) is 14.6. The van der Waals surface area contributed by atoms with Gasteiger partial charge in [-0.2, -0.15) is 0 Å². The minimum atomic E-state index is -0.821. The summed E-state index contributed by atoms with van der Waals surface area (Å²) >= 11 is 0. The summed E-state index contributed by atoms with van der Waals surface area (Å²) in [5.41, 5.74) is 1.14. The average Bonchev–Trinajstić information content (AvgIpc) is 2.84. The Bertz CT molecular complexity index is 915. The molecule has 0 bridgehead atoms. The van der Waals surface area contributed by atoms with Gasteiger partial charge < -0.3 is 14.8 Å². The Labute approximate surface area is 151 Å². The number of carbonyl (C=O) groups is 2. The van der Waals surface area contributed by atoms with Crippen LogP contribution in [0.4, 0.5) is 0 Å². The van der Waals surface area contributed by atoms with Crippen LogP contribution in [-0.4, -0.2) is 17.5 Å². The predicted octanol–water partition coefficient (Wildman–Crippen LogP) is 3.67. The largest absolute Gasteiger partial charge is 0.457 e. The third kappa shape index (κ3) is 2.86. The molecule has 0 fully saturated rings. The van der Waals surface area contributed by atoms with E-state index in [4.69, 9.17) is 9.47 Å². The predicted molar refractivity (Wildman–Crippen MR) is 95.7 cm³/mol. The van der Waals surface area contributed by atoms with E-state index in [2.05, 4.69) is 5.32 Å². The molecule has 2 aliphatic rings. The van der Waals surface area contributed by atoms with E-state index in [1.165, 1.54) is 0 Å². The Balaban J connectivity index is 1.71. The fourth-order valence-electron chi connectivity index (χ4n) is 3.48. The summed E-state index contributed by atoms with van der Waals surface area (Å²) in [5.74, 6) is 0.561. The lowest BCUT2D eigenvalue weighted by Crippen LogP contribution is -2.38. The number of hydrogen-bond acceptors (Lipinski definition) is 4. The van der Waals surface area contributed by atoms with Crippen molar-refractivity contribution in [1.82, 2.24) is 5.32 Å². The molecule has 2 aromatic carbocycles. The fraction of sp³-hybridized carbons (Fsp3) is 0.238. The number of cyclic esters (lactones) is 1. The molecule has 0 aromatic heterocycles. The van der Waals surface area contributed by atoms with Crippen molar-refractivity contribution in [3.8, 4) is 11.5 Å². The number of esters is 1. The van der Waals surface area contributed by atoms with Crippen molar-refractivity contribution in [2.45, 2.75) is 31.8 Å². The molecule has 1 N–H and O–H groups in total. The van der Waals surface area contributed by atoms with Gasteiger partial charge in [0.25, 0.3) is 0 Å². The van der Waals surface area contributed by atoms with E-state index < -0.39 is 5.60 Å². The van der Waals surface area contributed by atoms with Crippen molar-refractivity contribution in [3.05, 3.63) is 71.4 Å². The first-order valence-electron chi connectivity index (χ1n) is 8.55. The molecule has 0 aliphatic carbocycles. The zero-order valence-electron chi connectivity index (χ0n) is 14.6. The van der Waals surface area contributed by atoms with Gasteiger partial charge in [-0.05, 0) is 43.7 Å². The molecular formula is C21H19NO4. The maximum absolute atomic E-state index is 12.4. The second kappa shape index (κ2) is 6.02. The summed E-state index contributed by atoms with van der Waals surface area (Å²) in [4.78, 5) is 24.6. The van der Waals surface area contributed by atoms with Crippen LogP contribution in [0.25, 0.3) is 0 Å². The Kier molecular flexibility index (Phi) is 3.80. The Hall–Kier alpha value is -3.08. The minimum absolute atomic E-state index is 0.116. The second-order valence-corrected chi connectivity index (χ2v) is 6.98. The van der Waals surface area contributed by atoms with Crippen LogP contribution in [0.3, 0.4) is 0 Å². The molecule has 2 heterocycles. The van der Waals surface area contributed by atoms with Crippen molar-refractivity contribution in [1.29, 1.82) is 0 Å². The van der Waals surface area contributed by atoms with E-state index in [1.54, 1.807) is 13.8 Å². The molecule has 132 valence electrons. The quantitative estimate of drug-likeness (QED) is 0.859. The maximum Gasteiger partial charge on any atom is 0.337 e. The molecule has 0 radical (unpaired) electrons. The first-order valence-corrected chi connectivity index (χ1v) is 8.55. The molecule has 5 nitrogen and oxygen atoms in total. The number of hydrogen-bond donors (Lipinski definition) is 1. The van der Waals surface area contributed by atoms with Gasteiger partial charge >= 0.3 is 5.97 Å². The molecule has 1 unspecified atom stereocenters. The number of benzene rings is 2. The molecule has 5 heteroatoms. The number of para-hydroxylation sites is 1. The van der Waals surface area contributed by atoms with E-state index >= 15 is 0 Å². The average molecular weight is 349 g/mol. The number of nitrogens with one attached hydrogen (secondary N) is 1. The highest BCUT2D eigenvalue weighted by atomic mass is 16.6. The number of amides is 1. The van der Waals surface area contributed by atoms with Gasteiger partial charge in [0.05, 0.1) is 11.3 Å². The SMILES string of the molecule is CC1(C)OC(=O)C2=C1NC(=O)CC2c1cccc(Oc2ccccc2)c1. The maximum atomic E-state index is 12.4. The lowest BCUT2D eigenvalue weighted by Gasteiger charge is -2.27. The molecule has 4 rings (SSSR count). The standard InChI is InChI=1S/C21H19NO4/c1-21(2)19-18(20(24)26-21)16(12-17(23)22-19)13-7-6-10-15(11-13)25-14-8-4-3-5-9-14/h3-11,16H,12H2,1-2H3,(H,22,23). The van der Waals surface area contributed by atoms with E-state index in [0.29, 0.717) is 17.0 Å². The Morgan fingerprint density at radius 3 is 2.54 bits per heavy atom. The third-order valence-corrected chi connectivity index (χ3v) is 4.68. The van der Waals surface area contributed by atoms with E-state index in [-0.39, 0.29) is 24.2 Å². The molecule has 0 saturated carbocycles. The lowest BCUT2D eigenvalue weighted by atomic mass is 9.83. The van der Waals surface area contributed by atoms with Gasteiger partial charge in [-0.25, -0.2) is 4.79 Å². The molecule has 2 aliphatic heterocycles. The van der Waals surface area contributed by atoms with Crippen LogP contribution in [0.5, 0.6) is 11.5 Å². The zero-order chi connectivity index (χ0) is 18.3. The number of ether oxygens (including phenoxy) is 2. The van der Waals surface area contributed by atoms with Crippen LogP contribution in [0.1, 0.15) is 31.7 Å². The van der Waals surface area contributed by atoms with Crippen molar-refractivity contribution in [2.24, 2.45) is 0 Å². The Morgan fingerprint density at radius 2 is 1.77 bits per heavy atom. The first kappa shape index (κ1) is 16.4. The number of rotatable bonds is 3. The summed E-state index contributed by atoms with van der Waals surface area (Å²) in [5, 5.41) is 2.82. The second-order valence-electron chi connectivity index (χ2n) is 6.98. The van der Waals surface area contributed by atoms with Gasteiger partial charge in [0, 0.05) is 12.3 Å². The fourth-order valence-corrected chi connectivity index (χ4v) is 3.48. The van der Waals surface area contributed by atoms with Gasteiger partial charge in [0.1, 0.15) is 17.1 Å². The summed E-state index contributed by atoms with van der Waals surface area (Å²) in [7, 11) is 0. The Morgan fingerprint density at radius 1 is 1.04 bits per heavy atom. The normalized spacial score (nSPS) is 21.1. The monoisotopic (exact) mass is 349 g/mol. The molecular weight excluding hydrogens is 330 g/mol. The number of carbonyl (C=O) groups excluding carboxylic acids is 2. The highest BCUT2D eigenvalue weighted by Gasteiger charge is 2.47. The minimum Gasteiger partial charge on any atom is -0.457 e. The van der Waals surface area contributed by atoms with Crippen LogP contribution in [-0.2, 0) is 14.3 Å². The summed E-state index contributed by atoms with van der Waals surface area (Å²) < 4.78 is 11.3. The third-order valence-electron chi connectivity index (χ3n) is 4.68. The van der Waals surface area contributed by atoms with Crippen LogP contribution in [0.15, 0.2) is 65.9 Å². The lowest BCUT2D eigenvalue weighted by molar-refractivity contribution is -0.144. The molecule has 26 heavy (non-hydrogen) atoms. The topological polar surface area (TPSA) is 64.6 Å². The van der Waals surface area contributed by atoms with Gasteiger partial charge in [0.2, 0.25) is 5.91 Å². The molecule has 2 aromatic rings. The smallest absolute Gasteiger partial charge is 0.337 e. The molecule has 1 atom stereocenters. The van der Waals surface area contributed by atoms with Crippen molar-refractivity contribution < 1.29 is 19.1 Å². The molecule has 0 saturated heterocycles. The van der Waals surface area contributed by atoms with Crippen LogP contribution >= 0.6 is 0 Å². The van der Waals surface area contributed by atoms with Crippen molar-refractivity contribution >= 4 is 11.9 Å². The van der Waals surface area contributed by atoms with Gasteiger partial charge in [-0.15, -0.1) is 0 Å². The van der Waals surface area contributed by atoms with Gasteiger partial charge in [0.15, 0.2) is 0 Å². The van der Waals surface area contributed by atoms with Crippen LogP contribution in [0.2, 0.25) is 0 Å². The van der Waals surface area contributed by atoms with Crippen LogP contribution in [0, 0.1) is 0 Å². The summed E-state index contributed by atoms with van der Waals surface area (Å²) in [6.45, 7) is 3.57. The van der Waals surface area contributed by atoms with E-state index in [1.807, 2.05) is 54.6 Å². The van der Waals surface area contributed by atoms with Gasteiger partial charge in [-0.1, -0.05) is 30.3 Å². The first-order chi connectivity index (χ1) is 12.4. The highest BCUT2D eigenvalue weighted by molar-refractivity contribution is 5.99. The van der Waals surface area contributed by atoms with Crippen molar-refractivity contribution in [3.63, 3.8) is 0 Å². The van der Waals surface area contributed by atoms with Gasteiger partial charge in [-0.3, -0.25) is 4.79 Å². The van der Waals surface area contributed by atoms with E-state index in [9.17, 15) is 9.59 Å². The highest BCUT2D eigenvalue weighted by Crippen LogP contribution is 2.43.